The van der Waals surface area contributed by atoms with Crippen molar-refractivity contribution in [3.63, 3.8) is 0 Å². The number of nitrogens with zero attached hydrogens (tertiary/aromatic N) is 1. The average Bonchev–Trinajstić information content (AvgIpc) is 3.40. The van der Waals surface area contributed by atoms with Gasteiger partial charge in [0, 0.05) is 13.1 Å². The summed E-state index contributed by atoms with van der Waals surface area (Å²) in [7, 11) is -3.85. The molecule has 124 valence electrons. The first-order valence-corrected chi connectivity index (χ1v) is 9.07. The molecule has 1 unspecified atom stereocenters. The zero-order valence-corrected chi connectivity index (χ0v) is 14.1. The molecular weight excluding hydrogens is 314 g/mol. The van der Waals surface area contributed by atoms with Crippen LogP contribution in [0, 0.1) is 0 Å². The van der Waals surface area contributed by atoms with Crippen molar-refractivity contribution in [1.29, 1.82) is 0 Å². The molecule has 1 aromatic rings. The van der Waals surface area contributed by atoms with E-state index < -0.39 is 21.7 Å². The third kappa shape index (κ3) is 4.30. The van der Waals surface area contributed by atoms with Crippen molar-refractivity contribution in [2.45, 2.75) is 24.8 Å². The Morgan fingerprint density at radius 2 is 1.87 bits per heavy atom. The Hall–Kier alpha value is -1.92. The van der Waals surface area contributed by atoms with Crippen LogP contribution in [-0.2, 0) is 19.4 Å². The Labute approximate surface area is 137 Å². The van der Waals surface area contributed by atoms with Crippen molar-refractivity contribution in [2.24, 2.45) is 0 Å². The van der Waals surface area contributed by atoms with Crippen LogP contribution < -0.4 is 0 Å². The van der Waals surface area contributed by atoms with Crippen LogP contribution in [0.25, 0.3) is 0 Å². The molecular formula is C17H21NO4S. The number of rotatable bonds is 8. The van der Waals surface area contributed by atoms with Gasteiger partial charge in [0.25, 0.3) is 0 Å². The van der Waals surface area contributed by atoms with Gasteiger partial charge < -0.3 is 9.64 Å². The van der Waals surface area contributed by atoms with Crippen molar-refractivity contribution < 1.29 is 17.9 Å². The second-order valence-electron chi connectivity index (χ2n) is 5.10. The number of benzene rings is 1. The molecule has 2 rings (SSSR count). The zero-order valence-electron chi connectivity index (χ0n) is 13.3. The Bertz CT molecular complexity index is 699. The standard InChI is InChI=1S/C17H21NO4S/c1-3-18(4-2)12-8-11-16(17(19)15-13-22-15)23(20,21)14-9-6-5-7-10-14/h5-12,15H,3-4,13H2,1-2H3/b12-8+,16-11-. The molecule has 1 fully saturated rings. The largest absolute Gasteiger partial charge is 0.378 e. The predicted octanol–water partition coefficient (Wildman–Crippen LogP) is 2.17. The van der Waals surface area contributed by atoms with Crippen molar-refractivity contribution in [3.05, 3.63) is 53.6 Å². The molecule has 0 N–H and O–H groups in total. The fourth-order valence-electron chi connectivity index (χ4n) is 2.08. The lowest BCUT2D eigenvalue weighted by Crippen LogP contribution is -2.19. The summed E-state index contributed by atoms with van der Waals surface area (Å²) in [4.78, 5) is 14.2. The van der Waals surface area contributed by atoms with Gasteiger partial charge in [-0.25, -0.2) is 8.42 Å². The lowest BCUT2D eigenvalue weighted by atomic mass is 10.2. The number of ketones is 1. The van der Waals surface area contributed by atoms with E-state index in [2.05, 4.69) is 0 Å². The van der Waals surface area contributed by atoms with Gasteiger partial charge in [0.1, 0.15) is 11.0 Å². The minimum Gasteiger partial charge on any atom is -0.378 e. The molecule has 1 saturated heterocycles. The zero-order chi connectivity index (χ0) is 16.9. The van der Waals surface area contributed by atoms with E-state index in [0.29, 0.717) is 0 Å². The van der Waals surface area contributed by atoms with Crippen LogP contribution in [0.3, 0.4) is 0 Å². The van der Waals surface area contributed by atoms with E-state index in [1.807, 2.05) is 18.7 Å². The van der Waals surface area contributed by atoms with E-state index in [-0.39, 0.29) is 16.4 Å². The summed E-state index contributed by atoms with van der Waals surface area (Å²) in [5.41, 5.74) is 0. The van der Waals surface area contributed by atoms with Gasteiger partial charge in [0.2, 0.25) is 15.6 Å². The molecule has 1 aromatic carbocycles. The number of carbonyl (C=O) groups is 1. The molecule has 0 amide bonds. The fraction of sp³-hybridized carbons (Fsp3) is 0.353. The third-order valence-corrected chi connectivity index (χ3v) is 5.38. The molecule has 0 spiro atoms. The topological polar surface area (TPSA) is 67.0 Å². The lowest BCUT2D eigenvalue weighted by molar-refractivity contribution is -0.116. The molecule has 0 saturated carbocycles. The van der Waals surface area contributed by atoms with Crippen molar-refractivity contribution in [1.82, 2.24) is 4.90 Å². The summed E-state index contributed by atoms with van der Waals surface area (Å²) in [6.07, 6.45) is 4.11. The number of epoxide rings is 1. The van der Waals surface area contributed by atoms with Crippen LogP contribution in [0.1, 0.15) is 13.8 Å². The second kappa shape index (κ2) is 7.57. The number of hydrogen-bond donors (Lipinski definition) is 0. The van der Waals surface area contributed by atoms with Crippen molar-refractivity contribution in [3.8, 4) is 0 Å². The summed E-state index contributed by atoms with van der Waals surface area (Å²) in [6, 6.07) is 7.97. The van der Waals surface area contributed by atoms with Gasteiger partial charge in [0.05, 0.1) is 11.5 Å². The predicted molar refractivity (Wildman–Crippen MR) is 88.5 cm³/mol. The van der Waals surface area contributed by atoms with Crippen LogP contribution >= 0.6 is 0 Å². The average molecular weight is 335 g/mol. The quantitative estimate of drug-likeness (QED) is 0.414. The van der Waals surface area contributed by atoms with Crippen LogP contribution in [0.5, 0.6) is 0 Å². The molecule has 0 bridgehead atoms. The highest BCUT2D eigenvalue weighted by Crippen LogP contribution is 2.25. The molecule has 0 aliphatic carbocycles. The molecule has 1 atom stereocenters. The monoisotopic (exact) mass is 335 g/mol. The Morgan fingerprint density at radius 3 is 2.39 bits per heavy atom. The van der Waals surface area contributed by atoms with E-state index in [0.717, 1.165) is 13.1 Å². The van der Waals surface area contributed by atoms with Gasteiger partial charge >= 0.3 is 0 Å². The minimum absolute atomic E-state index is 0.108. The van der Waals surface area contributed by atoms with Gasteiger partial charge in [-0.05, 0) is 44.3 Å². The molecule has 0 aromatic heterocycles. The van der Waals surface area contributed by atoms with Crippen molar-refractivity contribution >= 4 is 15.6 Å². The number of ether oxygens (including phenoxy) is 1. The van der Waals surface area contributed by atoms with E-state index in [4.69, 9.17) is 4.74 Å². The maximum atomic E-state index is 12.7. The minimum atomic E-state index is -3.85. The maximum absolute atomic E-state index is 12.7. The summed E-state index contributed by atoms with van der Waals surface area (Å²) in [5, 5.41) is 0. The van der Waals surface area contributed by atoms with E-state index in [9.17, 15) is 13.2 Å². The molecule has 1 heterocycles. The van der Waals surface area contributed by atoms with Gasteiger partial charge in [-0.1, -0.05) is 18.2 Å². The smallest absolute Gasteiger partial charge is 0.210 e. The van der Waals surface area contributed by atoms with Crippen molar-refractivity contribution in [2.75, 3.05) is 19.7 Å². The van der Waals surface area contributed by atoms with Crippen LogP contribution in [0.4, 0.5) is 0 Å². The summed E-state index contributed by atoms with van der Waals surface area (Å²) < 4.78 is 30.4. The van der Waals surface area contributed by atoms with Gasteiger partial charge in [-0.2, -0.15) is 0 Å². The third-order valence-electron chi connectivity index (χ3n) is 3.57. The normalized spacial score (nSPS) is 18.2. The van der Waals surface area contributed by atoms with Gasteiger partial charge in [0.15, 0.2) is 0 Å². The Kier molecular flexibility index (Phi) is 5.74. The highest BCUT2D eigenvalue weighted by atomic mass is 32.2. The molecule has 0 radical (unpaired) electrons. The molecule has 5 nitrogen and oxygen atoms in total. The van der Waals surface area contributed by atoms with Gasteiger partial charge in [-0.3, -0.25) is 4.79 Å². The number of Topliss-reactive ketones (excluding diaryl/α,β-unsaturated/α-hetero) is 1. The number of carbonyl (C=O) groups excluding carboxylic acids is 1. The first kappa shape index (κ1) is 17.4. The fourth-order valence-corrected chi connectivity index (χ4v) is 3.50. The Balaban J connectivity index is 2.36. The molecule has 23 heavy (non-hydrogen) atoms. The highest BCUT2D eigenvalue weighted by molar-refractivity contribution is 7.96. The number of hydrogen-bond acceptors (Lipinski definition) is 5. The number of sulfone groups is 1. The first-order chi connectivity index (χ1) is 11.0. The van der Waals surface area contributed by atoms with Crippen LogP contribution in [-0.4, -0.2) is 44.9 Å². The SMILES string of the molecule is CCN(/C=C/C=C(/C(=O)C1CO1)S(=O)(=O)c1ccccc1)CC. The second-order valence-corrected chi connectivity index (χ2v) is 7.01. The van der Waals surface area contributed by atoms with E-state index >= 15 is 0 Å². The summed E-state index contributed by atoms with van der Waals surface area (Å²) >= 11 is 0. The maximum Gasteiger partial charge on any atom is 0.210 e. The first-order valence-electron chi connectivity index (χ1n) is 7.59. The molecule has 1 aliphatic heterocycles. The summed E-state index contributed by atoms with van der Waals surface area (Å²) in [5.74, 6) is -0.488. The summed E-state index contributed by atoms with van der Waals surface area (Å²) in [6.45, 7) is 5.90. The number of allylic oxidation sites excluding steroid dienone is 2. The van der Waals surface area contributed by atoms with E-state index in [1.54, 1.807) is 30.5 Å². The van der Waals surface area contributed by atoms with Crippen LogP contribution in [0.15, 0.2) is 58.5 Å². The van der Waals surface area contributed by atoms with Gasteiger partial charge in [-0.15, -0.1) is 0 Å². The Morgan fingerprint density at radius 1 is 1.26 bits per heavy atom. The molecule has 6 heteroatoms. The van der Waals surface area contributed by atoms with E-state index in [1.165, 1.54) is 18.2 Å². The van der Waals surface area contributed by atoms with Crippen LogP contribution in [0.2, 0.25) is 0 Å². The highest BCUT2D eigenvalue weighted by Gasteiger charge is 2.38. The molecule has 1 aliphatic rings. The lowest BCUT2D eigenvalue weighted by Gasteiger charge is -2.14.